The van der Waals surface area contributed by atoms with Crippen LogP contribution in [0.4, 0.5) is 0 Å². The normalized spacial score (nSPS) is 19.6. The minimum Gasteiger partial charge on any atom is -0.353 e. The summed E-state index contributed by atoms with van der Waals surface area (Å²) in [5, 5.41) is 3.32. The molecular formula is C24H35N5O3S. The fraction of sp³-hybridized carbons (Fsp3) is 0.583. The summed E-state index contributed by atoms with van der Waals surface area (Å²) < 4.78 is 28.9. The zero-order valence-electron chi connectivity index (χ0n) is 19.8. The van der Waals surface area contributed by atoms with Gasteiger partial charge in [-0.3, -0.25) is 9.69 Å². The van der Waals surface area contributed by atoms with Crippen LogP contribution in [0.5, 0.6) is 0 Å². The predicted molar refractivity (Wildman–Crippen MR) is 127 cm³/mol. The molecule has 8 nitrogen and oxygen atoms in total. The Morgan fingerprint density at radius 3 is 2.33 bits per heavy atom. The lowest BCUT2D eigenvalue weighted by molar-refractivity contribution is -0.127. The van der Waals surface area contributed by atoms with Crippen LogP contribution in [0, 0.1) is 19.8 Å². The Morgan fingerprint density at radius 2 is 1.73 bits per heavy atom. The molecule has 1 aromatic heterocycles. The molecule has 33 heavy (non-hydrogen) atoms. The second kappa shape index (κ2) is 9.95. The van der Waals surface area contributed by atoms with Crippen LogP contribution in [0.3, 0.4) is 0 Å². The third-order valence-electron chi connectivity index (χ3n) is 7.10. The highest BCUT2D eigenvalue weighted by atomic mass is 32.2. The van der Waals surface area contributed by atoms with Gasteiger partial charge in [0.05, 0.1) is 0 Å². The number of hydrogen-bond acceptors (Lipinski definition) is 5. The van der Waals surface area contributed by atoms with Gasteiger partial charge in [0.1, 0.15) is 5.82 Å². The molecule has 2 fully saturated rings. The molecule has 1 N–H and O–H groups in total. The Balaban J connectivity index is 1.23. The standard InChI is InChI=1S/C24H35N5O3S/c1-18-6-4-5-7-21(18)16-28-12-10-22(11-13-28)26-24(30)20-8-14-29(15-9-20)33(31,32)23-17-27(3)19(2)25-23/h4-7,17,20,22H,8-16H2,1-3H3,(H,26,30). The maximum Gasteiger partial charge on any atom is 0.262 e. The van der Waals surface area contributed by atoms with Gasteiger partial charge < -0.3 is 9.88 Å². The number of imidazole rings is 1. The van der Waals surface area contributed by atoms with Crippen molar-refractivity contribution in [2.24, 2.45) is 13.0 Å². The van der Waals surface area contributed by atoms with Crippen molar-refractivity contribution >= 4 is 15.9 Å². The van der Waals surface area contributed by atoms with E-state index in [-0.39, 0.29) is 22.9 Å². The number of carbonyl (C=O) groups excluding carboxylic acids is 1. The van der Waals surface area contributed by atoms with E-state index < -0.39 is 10.0 Å². The topological polar surface area (TPSA) is 87.5 Å². The average molecular weight is 474 g/mol. The van der Waals surface area contributed by atoms with E-state index in [9.17, 15) is 13.2 Å². The van der Waals surface area contributed by atoms with Crippen molar-refractivity contribution in [3.8, 4) is 0 Å². The van der Waals surface area contributed by atoms with Crippen molar-refractivity contribution in [3.63, 3.8) is 0 Å². The number of likely N-dealkylation sites (tertiary alicyclic amines) is 1. The molecule has 1 amide bonds. The molecule has 0 unspecified atom stereocenters. The van der Waals surface area contributed by atoms with Gasteiger partial charge in [0.2, 0.25) is 5.91 Å². The van der Waals surface area contributed by atoms with Crippen LogP contribution in [-0.4, -0.2) is 65.3 Å². The Kier molecular flexibility index (Phi) is 7.21. The molecule has 4 rings (SSSR count). The fourth-order valence-electron chi connectivity index (χ4n) is 4.72. The van der Waals surface area contributed by atoms with Crippen LogP contribution in [0.25, 0.3) is 0 Å². The molecule has 0 radical (unpaired) electrons. The van der Waals surface area contributed by atoms with E-state index in [1.165, 1.54) is 15.4 Å². The summed E-state index contributed by atoms with van der Waals surface area (Å²) in [6, 6.07) is 8.69. The minimum atomic E-state index is -3.61. The van der Waals surface area contributed by atoms with Crippen LogP contribution >= 0.6 is 0 Å². The molecule has 3 heterocycles. The number of sulfonamides is 1. The Morgan fingerprint density at radius 1 is 1.06 bits per heavy atom. The van der Waals surface area contributed by atoms with Gasteiger partial charge in [-0.25, -0.2) is 13.4 Å². The maximum absolute atomic E-state index is 12.9. The second-order valence-electron chi connectivity index (χ2n) is 9.40. The third-order valence-corrected chi connectivity index (χ3v) is 8.87. The lowest BCUT2D eigenvalue weighted by Gasteiger charge is -2.34. The van der Waals surface area contributed by atoms with E-state index >= 15 is 0 Å². The van der Waals surface area contributed by atoms with Crippen molar-refractivity contribution in [2.45, 2.75) is 57.1 Å². The molecule has 0 saturated carbocycles. The van der Waals surface area contributed by atoms with Crippen molar-refractivity contribution in [3.05, 3.63) is 47.4 Å². The van der Waals surface area contributed by atoms with Gasteiger partial charge in [0.25, 0.3) is 10.0 Å². The molecule has 2 aliphatic rings. The summed E-state index contributed by atoms with van der Waals surface area (Å²) in [6.07, 6.45) is 4.54. The number of hydrogen-bond donors (Lipinski definition) is 1. The first-order valence-corrected chi connectivity index (χ1v) is 13.3. The Labute approximate surface area is 197 Å². The van der Waals surface area contributed by atoms with Crippen LogP contribution in [-0.2, 0) is 28.4 Å². The zero-order valence-corrected chi connectivity index (χ0v) is 20.6. The first-order chi connectivity index (χ1) is 15.7. The number of benzene rings is 1. The summed E-state index contributed by atoms with van der Waals surface area (Å²) >= 11 is 0. The first kappa shape index (κ1) is 23.9. The molecular weight excluding hydrogens is 438 g/mol. The molecule has 2 aliphatic heterocycles. The van der Waals surface area contributed by atoms with Gasteiger partial charge in [-0.15, -0.1) is 0 Å². The summed E-state index contributed by atoms with van der Waals surface area (Å²) in [5.41, 5.74) is 2.68. The summed E-state index contributed by atoms with van der Waals surface area (Å²) in [4.78, 5) is 19.5. The van der Waals surface area contributed by atoms with Crippen molar-refractivity contribution in [2.75, 3.05) is 26.2 Å². The highest BCUT2D eigenvalue weighted by molar-refractivity contribution is 7.89. The number of nitrogens with one attached hydrogen (secondary N) is 1. The summed E-state index contributed by atoms with van der Waals surface area (Å²) in [5.74, 6) is 0.595. The lowest BCUT2D eigenvalue weighted by Crippen LogP contribution is -2.48. The summed E-state index contributed by atoms with van der Waals surface area (Å²) in [7, 11) is -1.83. The van der Waals surface area contributed by atoms with Crippen molar-refractivity contribution in [1.29, 1.82) is 0 Å². The number of carbonyl (C=O) groups is 1. The first-order valence-electron chi connectivity index (χ1n) is 11.8. The molecule has 0 atom stereocenters. The van der Waals surface area contributed by atoms with Gasteiger partial charge in [0, 0.05) is 57.9 Å². The Hall–Kier alpha value is -2.23. The quantitative estimate of drug-likeness (QED) is 0.695. The van der Waals surface area contributed by atoms with E-state index in [4.69, 9.17) is 0 Å². The number of amides is 1. The Bertz CT molecular complexity index is 1060. The van der Waals surface area contributed by atoms with Gasteiger partial charge in [-0.05, 0) is 50.7 Å². The SMILES string of the molecule is Cc1ccccc1CN1CCC(NC(=O)C2CCN(S(=O)(=O)c3cn(C)c(C)n3)CC2)CC1. The number of piperidine rings is 2. The monoisotopic (exact) mass is 473 g/mol. The number of nitrogens with zero attached hydrogens (tertiary/aromatic N) is 4. The van der Waals surface area contributed by atoms with Gasteiger partial charge in [0.15, 0.2) is 5.03 Å². The molecule has 2 saturated heterocycles. The van der Waals surface area contributed by atoms with Crippen molar-refractivity contribution < 1.29 is 13.2 Å². The molecule has 0 bridgehead atoms. The van der Waals surface area contributed by atoms with Gasteiger partial charge >= 0.3 is 0 Å². The molecule has 1 aromatic carbocycles. The van der Waals surface area contributed by atoms with E-state index in [1.807, 2.05) is 0 Å². The predicted octanol–water partition coefficient (Wildman–Crippen LogP) is 2.22. The molecule has 9 heteroatoms. The number of aromatic nitrogens is 2. The van der Waals surface area contributed by atoms with E-state index in [0.29, 0.717) is 31.8 Å². The van der Waals surface area contributed by atoms with Gasteiger partial charge in [-0.1, -0.05) is 24.3 Å². The highest BCUT2D eigenvalue weighted by Crippen LogP contribution is 2.24. The van der Waals surface area contributed by atoms with Crippen LogP contribution in [0.15, 0.2) is 35.5 Å². The molecule has 0 spiro atoms. The van der Waals surface area contributed by atoms with Crippen LogP contribution in [0.1, 0.15) is 42.6 Å². The van der Waals surface area contributed by atoms with E-state index in [0.717, 1.165) is 32.5 Å². The fourth-order valence-corrected chi connectivity index (χ4v) is 6.22. The lowest BCUT2D eigenvalue weighted by atomic mass is 9.95. The number of rotatable bonds is 6. The second-order valence-corrected chi connectivity index (χ2v) is 11.3. The average Bonchev–Trinajstić information content (AvgIpc) is 3.16. The smallest absolute Gasteiger partial charge is 0.262 e. The zero-order chi connectivity index (χ0) is 23.6. The molecule has 2 aromatic rings. The van der Waals surface area contributed by atoms with E-state index in [1.54, 1.807) is 24.7 Å². The van der Waals surface area contributed by atoms with Crippen LogP contribution in [0.2, 0.25) is 0 Å². The van der Waals surface area contributed by atoms with E-state index in [2.05, 4.69) is 46.4 Å². The minimum absolute atomic E-state index is 0.0677. The maximum atomic E-state index is 12.9. The largest absolute Gasteiger partial charge is 0.353 e. The molecule has 180 valence electrons. The van der Waals surface area contributed by atoms with Crippen LogP contribution < -0.4 is 5.32 Å². The number of aryl methyl sites for hydroxylation is 3. The summed E-state index contributed by atoms with van der Waals surface area (Å²) in [6.45, 7) is 7.53. The molecule has 0 aliphatic carbocycles. The van der Waals surface area contributed by atoms with Gasteiger partial charge in [-0.2, -0.15) is 4.31 Å². The third kappa shape index (κ3) is 5.47. The van der Waals surface area contributed by atoms with Crippen molar-refractivity contribution in [1.82, 2.24) is 24.1 Å². The highest BCUT2D eigenvalue weighted by Gasteiger charge is 2.34.